The standard InChI is InChI=1S/C12H27OP.C12H27P/c1-10(2)7-14(13,8-11(3)4)9-12(5)6;1-10(2)7-13(8-11(3)4)9-12(5)6/h10-12H,7-9H2,1-6H3;10-12H,7-9H2,1-6H3. The minimum absolute atomic E-state index is 0.321. The molecular weight excluding hydrogens is 366 g/mol. The van der Waals surface area contributed by atoms with Crippen molar-refractivity contribution in [3.05, 3.63) is 0 Å². The predicted molar refractivity (Wildman–Crippen MR) is 133 cm³/mol. The van der Waals surface area contributed by atoms with Gasteiger partial charge in [-0.2, -0.15) is 0 Å². The Kier molecular flexibility index (Phi) is 17.1. The fraction of sp³-hybridized carbons (Fsp3) is 1.00. The summed E-state index contributed by atoms with van der Waals surface area (Å²) in [6.07, 6.45) is 7.24. The van der Waals surface area contributed by atoms with Crippen LogP contribution in [0.5, 0.6) is 0 Å². The molecule has 1 nitrogen and oxygen atoms in total. The fourth-order valence-corrected chi connectivity index (χ4v) is 12.0. The molecule has 0 amide bonds. The van der Waals surface area contributed by atoms with Crippen molar-refractivity contribution >= 4 is 15.1 Å². The molecule has 0 aliphatic carbocycles. The van der Waals surface area contributed by atoms with Crippen LogP contribution in [-0.4, -0.2) is 37.0 Å². The van der Waals surface area contributed by atoms with E-state index in [4.69, 9.17) is 0 Å². The van der Waals surface area contributed by atoms with Crippen molar-refractivity contribution in [2.75, 3.05) is 37.0 Å². The molecule has 27 heavy (non-hydrogen) atoms. The zero-order chi connectivity index (χ0) is 21.8. The molecule has 0 saturated heterocycles. The van der Waals surface area contributed by atoms with Crippen LogP contribution >= 0.6 is 15.1 Å². The summed E-state index contributed by atoms with van der Waals surface area (Å²) in [6, 6.07) is 0. The Morgan fingerprint density at radius 1 is 0.481 bits per heavy atom. The molecule has 0 aliphatic rings. The summed E-state index contributed by atoms with van der Waals surface area (Å²) in [6.45, 7) is 27.2. The lowest BCUT2D eigenvalue weighted by Gasteiger charge is -2.23. The molecule has 0 aromatic heterocycles. The van der Waals surface area contributed by atoms with Crippen LogP contribution in [0.1, 0.15) is 83.1 Å². The van der Waals surface area contributed by atoms with Gasteiger partial charge in [0.1, 0.15) is 0 Å². The summed E-state index contributed by atoms with van der Waals surface area (Å²) in [7, 11) is -1.57. The Morgan fingerprint density at radius 3 is 0.852 bits per heavy atom. The number of rotatable bonds is 12. The van der Waals surface area contributed by atoms with Crippen LogP contribution in [0.4, 0.5) is 0 Å². The predicted octanol–water partition coefficient (Wildman–Crippen LogP) is 8.75. The molecule has 0 N–H and O–H groups in total. The Balaban J connectivity index is 0. The van der Waals surface area contributed by atoms with E-state index in [1.165, 1.54) is 18.5 Å². The van der Waals surface area contributed by atoms with Gasteiger partial charge in [-0.05, 0) is 54.0 Å². The third kappa shape index (κ3) is 21.2. The van der Waals surface area contributed by atoms with Gasteiger partial charge < -0.3 is 4.57 Å². The van der Waals surface area contributed by atoms with Gasteiger partial charge in [0.2, 0.25) is 0 Å². The molecule has 0 atom stereocenters. The lowest BCUT2D eigenvalue weighted by molar-refractivity contribution is 0.546. The first-order valence-corrected chi connectivity index (χ1v) is 15.6. The molecule has 0 aromatic carbocycles. The summed E-state index contributed by atoms with van der Waals surface area (Å²) >= 11 is 0. The minimum Gasteiger partial charge on any atom is -0.324 e. The molecule has 0 radical (unpaired) electrons. The first kappa shape index (κ1) is 29.9. The van der Waals surface area contributed by atoms with Crippen LogP contribution in [0, 0.1) is 35.5 Å². The summed E-state index contributed by atoms with van der Waals surface area (Å²) in [4.78, 5) is 0. The van der Waals surface area contributed by atoms with E-state index >= 15 is 0 Å². The molecule has 0 spiro atoms. The normalized spacial score (nSPS) is 12.9. The molecule has 0 aromatic rings. The highest BCUT2D eigenvalue weighted by Gasteiger charge is 2.25. The van der Waals surface area contributed by atoms with E-state index in [0.717, 1.165) is 36.2 Å². The quantitative estimate of drug-likeness (QED) is 0.288. The maximum Gasteiger partial charge on any atom is 0.0885 e. The Labute approximate surface area is 175 Å². The molecule has 0 bridgehead atoms. The van der Waals surface area contributed by atoms with Gasteiger partial charge >= 0.3 is 0 Å². The van der Waals surface area contributed by atoms with Crippen molar-refractivity contribution in [3.63, 3.8) is 0 Å². The Hall–Kier alpha value is 0.660. The van der Waals surface area contributed by atoms with Crippen molar-refractivity contribution in [3.8, 4) is 0 Å². The van der Waals surface area contributed by atoms with E-state index < -0.39 is 7.14 Å². The lowest BCUT2D eigenvalue weighted by atomic mass is 10.3. The van der Waals surface area contributed by atoms with Crippen LogP contribution < -0.4 is 0 Å². The van der Waals surface area contributed by atoms with Crippen LogP contribution in [0.15, 0.2) is 0 Å². The molecule has 0 saturated carbocycles. The van der Waals surface area contributed by atoms with Gasteiger partial charge in [-0.1, -0.05) is 83.1 Å². The molecule has 166 valence electrons. The van der Waals surface area contributed by atoms with E-state index in [-0.39, 0.29) is 0 Å². The second kappa shape index (κ2) is 15.5. The molecule has 0 aliphatic heterocycles. The number of hydrogen-bond donors (Lipinski definition) is 0. The van der Waals surface area contributed by atoms with Crippen LogP contribution in [0.2, 0.25) is 0 Å². The highest BCUT2D eigenvalue weighted by Crippen LogP contribution is 2.50. The average Bonchev–Trinajstić information content (AvgIpc) is 2.32. The molecule has 0 heterocycles. The average molecular weight is 421 g/mol. The smallest absolute Gasteiger partial charge is 0.0885 e. The minimum atomic E-state index is -1.89. The zero-order valence-corrected chi connectivity index (χ0v) is 22.8. The van der Waals surface area contributed by atoms with Crippen LogP contribution in [0.25, 0.3) is 0 Å². The molecule has 0 rings (SSSR count). The lowest BCUT2D eigenvalue weighted by Crippen LogP contribution is -2.11. The van der Waals surface area contributed by atoms with Gasteiger partial charge in [-0.15, -0.1) is 7.92 Å². The molecule has 0 unspecified atom stereocenters. The van der Waals surface area contributed by atoms with Gasteiger partial charge in [0.15, 0.2) is 0 Å². The van der Waals surface area contributed by atoms with Crippen LogP contribution in [-0.2, 0) is 4.57 Å². The van der Waals surface area contributed by atoms with Crippen molar-refractivity contribution in [2.45, 2.75) is 83.1 Å². The van der Waals surface area contributed by atoms with E-state index in [9.17, 15) is 4.57 Å². The summed E-state index contributed by atoms with van der Waals surface area (Å²) in [5, 5.41) is 0. The van der Waals surface area contributed by atoms with Crippen molar-refractivity contribution in [2.24, 2.45) is 35.5 Å². The molecule has 0 fully saturated rings. The highest BCUT2D eigenvalue weighted by atomic mass is 31.2. The van der Waals surface area contributed by atoms with Gasteiger partial charge in [0.05, 0.1) is 7.14 Å². The largest absolute Gasteiger partial charge is 0.324 e. The second-order valence-electron chi connectivity index (χ2n) is 11.2. The summed E-state index contributed by atoms with van der Waals surface area (Å²) < 4.78 is 12.6. The first-order valence-electron chi connectivity index (χ1n) is 11.5. The van der Waals surface area contributed by atoms with Gasteiger partial charge in [-0.3, -0.25) is 0 Å². The summed E-state index contributed by atoms with van der Waals surface area (Å²) in [5.41, 5.74) is 0. The second-order valence-corrected chi connectivity index (χ2v) is 16.8. The Bertz CT molecular complexity index is 327. The molecule has 3 heteroatoms. The summed E-state index contributed by atoms with van der Waals surface area (Å²) in [5.74, 6) is 4.38. The third-order valence-corrected chi connectivity index (χ3v) is 11.9. The van der Waals surface area contributed by atoms with Gasteiger partial charge in [-0.25, -0.2) is 0 Å². The van der Waals surface area contributed by atoms with Crippen molar-refractivity contribution < 1.29 is 4.57 Å². The van der Waals surface area contributed by atoms with Crippen molar-refractivity contribution in [1.82, 2.24) is 0 Å². The highest BCUT2D eigenvalue weighted by molar-refractivity contribution is 7.63. The Morgan fingerprint density at radius 2 is 0.704 bits per heavy atom. The maximum atomic E-state index is 12.6. The zero-order valence-electron chi connectivity index (χ0n) is 21.0. The topological polar surface area (TPSA) is 17.1 Å². The maximum absolute atomic E-state index is 12.6. The van der Waals surface area contributed by atoms with E-state index in [1.54, 1.807) is 0 Å². The van der Waals surface area contributed by atoms with E-state index in [0.29, 0.717) is 25.7 Å². The van der Waals surface area contributed by atoms with Crippen LogP contribution in [0.3, 0.4) is 0 Å². The molecular formula is C24H54OP2. The third-order valence-electron chi connectivity index (χ3n) is 3.96. The first-order chi connectivity index (χ1) is 12.2. The van der Waals surface area contributed by atoms with Gasteiger partial charge in [0, 0.05) is 18.5 Å². The fourth-order valence-electron chi connectivity index (χ4n) is 3.99. The monoisotopic (exact) mass is 420 g/mol. The van der Waals surface area contributed by atoms with E-state index in [2.05, 4.69) is 83.1 Å². The van der Waals surface area contributed by atoms with E-state index in [1.807, 2.05) is 0 Å². The number of hydrogen-bond acceptors (Lipinski definition) is 1. The van der Waals surface area contributed by atoms with Gasteiger partial charge in [0.25, 0.3) is 0 Å². The van der Waals surface area contributed by atoms with Crippen molar-refractivity contribution in [1.29, 1.82) is 0 Å². The SMILES string of the molecule is CC(C)CP(=O)(CC(C)C)CC(C)C.CC(C)CP(CC(C)C)CC(C)C.